The smallest absolute Gasteiger partial charge is 0.186 e. The molecule has 1 unspecified atom stereocenters. The van der Waals surface area contributed by atoms with Crippen LogP contribution in [0.4, 0.5) is 5.13 Å². The predicted molar refractivity (Wildman–Crippen MR) is 108 cm³/mol. The van der Waals surface area contributed by atoms with Crippen molar-refractivity contribution in [2.75, 3.05) is 25.2 Å². The van der Waals surface area contributed by atoms with Crippen molar-refractivity contribution < 1.29 is 4.74 Å². The number of thiazole rings is 1. The van der Waals surface area contributed by atoms with Crippen molar-refractivity contribution in [2.24, 2.45) is 5.92 Å². The van der Waals surface area contributed by atoms with Crippen molar-refractivity contribution in [3.8, 4) is 11.3 Å². The fourth-order valence-electron chi connectivity index (χ4n) is 3.21. The van der Waals surface area contributed by atoms with E-state index in [2.05, 4.69) is 18.7 Å². The van der Waals surface area contributed by atoms with Gasteiger partial charge in [-0.1, -0.05) is 30.1 Å². The van der Waals surface area contributed by atoms with Crippen molar-refractivity contribution in [2.45, 2.75) is 39.2 Å². The molecule has 0 spiro atoms. The van der Waals surface area contributed by atoms with Gasteiger partial charge in [0.05, 0.1) is 23.4 Å². The second kappa shape index (κ2) is 8.26. The lowest BCUT2D eigenvalue weighted by atomic mass is 10.1. The van der Waals surface area contributed by atoms with Crippen LogP contribution in [0, 0.1) is 12.8 Å². The molecule has 136 valence electrons. The Labute approximate surface area is 163 Å². The summed E-state index contributed by atoms with van der Waals surface area (Å²) < 4.78 is 5.51. The fraction of sp³-hybridized carbons (Fsp3) is 0.526. The van der Waals surface area contributed by atoms with Gasteiger partial charge in [-0.05, 0) is 50.3 Å². The monoisotopic (exact) mass is 398 g/mol. The zero-order chi connectivity index (χ0) is 18.0. The SMILES string of the molecule is CCCN(c1nc(-c2ccc(Cl)cc2Cl)c(C)s1)C(COC)C1CC1. The molecule has 3 rings (SSSR count). The van der Waals surface area contributed by atoms with Crippen LogP contribution in [0.2, 0.25) is 10.0 Å². The van der Waals surface area contributed by atoms with Gasteiger partial charge in [-0.25, -0.2) is 4.98 Å². The quantitative estimate of drug-likeness (QED) is 0.539. The van der Waals surface area contributed by atoms with Crippen LogP contribution < -0.4 is 4.90 Å². The summed E-state index contributed by atoms with van der Waals surface area (Å²) in [4.78, 5) is 8.57. The Balaban J connectivity index is 1.95. The number of nitrogens with zero attached hydrogens (tertiary/aromatic N) is 2. The molecule has 0 saturated heterocycles. The molecule has 0 amide bonds. The average molecular weight is 399 g/mol. The standard InChI is InChI=1S/C19H24Cl2N2OS/c1-4-9-23(17(11-24-3)13-5-6-13)19-22-18(12(2)25-19)15-8-7-14(20)10-16(15)21/h7-8,10,13,17H,4-6,9,11H2,1-3H3. The molecule has 1 saturated carbocycles. The van der Waals surface area contributed by atoms with Crippen LogP contribution in [0.1, 0.15) is 31.1 Å². The van der Waals surface area contributed by atoms with E-state index in [1.54, 1.807) is 24.5 Å². The molecule has 0 aliphatic heterocycles. The molecule has 1 fully saturated rings. The molecule has 1 atom stereocenters. The maximum Gasteiger partial charge on any atom is 0.186 e. The fourth-order valence-corrected chi connectivity index (χ4v) is 4.72. The highest BCUT2D eigenvalue weighted by atomic mass is 35.5. The zero-order valence-corrected chi connectivity index (χ0v) is 17.2. The Morgan fingerprint density at radius 1 is 1.36 bits per heavy atom. The number of aromatic nitrogens is 1. The summed E-state index contributed by atoms with van der Waals surface area (Å²) in [6, 6.07) is 6.00. The summed E-state index contributed by atoms with van der Waals surface area (Å²) >= 11 is 14.2. The van der Waals surface area contributed by atoms with Crippen molar-refractivity contribution in [1.82, 2.24) is 4.98 Å². The van der Waals surface area contributed by atoms with Crippen molar-refractivity contribution in [3.63, 3.8) is 0 Å². The summed E-state index contributed by atoms with van der Waals surface area (Å²) in [5.74, 6) is 0.721. The summed E-state index contributed by atoms with van der Waals surface area (Å²) in [7, 11) is 1.78. The van der Waals surface area contributed by atoms with Crippen LogP contribution in [0.15, 0.2) is 18.2 Å². The number of halogens is 2. The van der Waals surface area contributed by atoms with Crippen molar-refractivity contribution >= 4 is 39.7 Å². The van der Waals surface area contributed by atoms with E-state index in [-0.39, 0.29) is 0 Å². The lowest BCUT2D eigenvalue weighted by Gasteiger charge is -2.31. The Hall–Kier alpha value is -0.810. The number of aryl methyl sites for hydroxylation is 1. The van der Waals surface area contributed by atoms with Crippen LogP contribution in [-0.4, -0.2) is 31.3 Å². The second-order valence-electron chi connectivity index (χ2n) is 6.58. The van der Waals surface area contributed by atoms with Gasteiger partial charge in [0.25, 0.3) is 0 Å². The van der Waals surface area contributed by atoms with E-state index in [1.165, 1.54) is 17.7 Å². The summed E-state index contributed by atoms with van der Waals surface area (Å²) in [5, 5.41) is 2.35. The highest BCUT2D eigenvalue weighted by molar-refractivity contribution is 7.16. The molecule has 1 aliphatic rings. The normalized spacial score (nSPS) is 15.4. The number of ether oxygens (including phenoxy) is 1. The van der Waals surface area contributed by atoms with E-state index >= 15 is 0 Å². The van der Waals surface area contributed by atoms with Crippen LogP contribution >= 0.6 is 34.5 Å². The molecular formula is C19H24Cl2N2OS. The van der Waals surface area contributed by atoms with Crippen LogP contribution in [0.25, 0.3) is 11.3 Å². The minimum Gasteiger partial charge on any atom is -0.383 e. The number of methoxy groups -OCH3 is 1. The van der Waals surface area contributed by atoms with Gasteiger partial charge in [-0.15, -0.1) is 11.3 Å². The highest BCUT2D eigenvalue weighted by Crippen LogP contribution is 2.41. The van der Waals surface area contributed by atoms with Crippen LogP contribution in [0.5, 0.6) is 0 Å². The minimum atomic E-state index is 0.407. The van der Waals surface area contributed by atoms with Crippen molar-refractivity contribution in [1.29, 1.82) is 0 Å². The summed E-state index contributed by atoms with van der Waals surface area (Å²) in [6.45, 7) is 6.06. The molecule has 6 heteroatoms. The Kier molecular flexibility index (Phi) is 6.26. The van der Waals surface area contributed by atoms with E-state index in [0.29, 0.717) is 16.1 Å². The maximum absolute atomic E-state index is 6.41. The van der Waals surface area contributed by atoms with Gasteiger partial charge in [0.1, 0.15) is 0 Å². The first-order valence-electron chi connectivity index (χ1n) is 8.73. The van der Waals surface area contributed by atoms with Gasteiger partial charge < -0.3 is 9.64 Å². The Morgan fingerprint density at radius 2 is 2.12 bits per heavy atom. The molecule has 1 heterocycles. The Bertz CT molecular complexity index is 730. The predicted octanol–water partition coefficient (Wildman–Crippen LogP) is 6.07. The number of hydrogen-bond donors (Lipinski definition) is 0. The topological polar surface area (TPSA) is 25.4 Å². The van der Waals surface area contributed by atoms with Crippen LogP contribution in [0.3, 0.4) is 0 Å². The molecule has 2 aromatic rings. The first-order valence-corrected chi connectivity index (χ1v) is 10.3. The third-order valence-electron chi connectivity index (χ3n) is 4.59. The third kappa shape index (κ3) is 4.30. The van der Waals surface area contributed by atoms with E-state index in [9.17, 15) is 0 Å². The zero-order valence-electron chi connectivity index (χ0n) is 14.9. The van der Waals surface area contributed by atoms with E-state index in [0.717, 1.165) is 41.9 Å². The van der Waals surface area contributed by atoms with Crippen molar-refractivity contribution in [3.05, 3.63) is 33.1 Å². The van der Waals surface area contributed by atoms with Gasteiger partial charge in [-0.3, -0.25) is 0 Å². The molecule has 1 aliphatic carbocycles. The lowest BCUT2D eigenvalue weighted by molar-refractivity contribution is 0.168. The molecule has 0 bridgehead atoms. The first-order chi connectivity index (χ1) is 12.0. The molecule has 1 aromatic heterocycles. The second-order valence-corrected chi connectivity index (χ2v) is 8.60. The number of hydrogen-bond acceptors (Lipinski definition) is 4. The van der Waals surface area contributed by atoms with E-state index < -0.39 is 0 Å². The first kappa shape index (κ1) is 19.0. The maximum atomic E-state index is 6.41. The molecule has 25 heavy (non-hydrogen) atoms. The molecule has 0 radical (unpaired) electrons. The highest BCUT2D eigenvalue weighted by Gasteiger charge is 2.36. The minimum absolute atomic E-state index is 0.407. The average Bonchev–Trinajstić information content (AvgIpc) is 3.34. The van der Waals surface area contributed by atoms with Gasteiger partial charge in [-0.2, -0.15) is 0 Å². The molecular weight excluding hydrogens is 375 g/mol. The third-order valence-corrected chi connectivity index (χ3v) is 6.14. The van der Waals surface area contributed by atoms with E-state index in [1.807, 2.05) is 12.1 Å². The number of anilines is 1. The lowest BCUT2D eigenvalue weighted by Crippen LogP contribution is -2.40. The molecule has 0 N–H and O–H groups in total. The Morgan fingerprint density at radius 3 is 2.72 bits per heavy atom. The van der Waals surface area contributed by atoms with Gasteiger partial charge in [0.2, 0.25) is 0 Å². The summed E-state index contributed by atoms with van der Waals surface area (Å²) in [5.41, 5.74) is 1.90. The van der Waals surface area contributed by atoms with Gasteiger partial charge in [0.15, 0.2) is 5.13 Å². The number of rotatable bonds is 8. The van der Waals surface area contributed by atoms with Crippen LogP contribution in [-0.2, 0) is 4.74 Å². The van der Waals surface area contributed by atoms with Gasteiger partial charge >= 0.3 is 0 Å². The number of benzene rings is 1. The molecule has 3 nitrogen and oxygen atoms in total. The summed E-state index contributed by atoms with van der Waals surface area (Å²) in [6.07, 6.45) is 3.66. The van der Waals surface area contributed by atoms with E-state index in [4.69, 9.17) is 32.9 Å². The van der Waals surface area contributed by atoms with Gasteiger partial charge in [0, 0.05) is 29.1 Å². The molecule has 1 aromatic carbocycles. The largest absolute Gasteiger partial charge is 0.383 e.